The summed E-state index contributed by atoms with van der Waals surface area (Å²) in [6, 6.07) is 4.31. The average molecular weight is 323 g/mol. The molecule has 22 heavy (non-hydrogen) atoms. The monoisotopic (exact) mass is 322 g/mol. The van der Waals surface area contributed by atoms with Crippen molar-refractivity contribution in [1.29, 1.82) is 0 Å². The van der Waals surface area contributed by atoms with Crippen molar-refractivity contribution in [1.82, 2.24) is 20.1 Å². The first-order valence-electron chi connectivity index (χ1n) is 7.24. The largest absolute Gasteiger partial charge is 0.332 e. The number of nitrogens with one attached hydrogen (secondary N) is 1. The van der Waals surface area contributed by atoms with Crippen LogP contribution in [0.3, 0.4) is 0 Å². The minimum absolute atomic E-state index is 0.0455. The molecule has 1 N–H and O–H groups in total. The lowest BCUT2D eigenvalue weighted by atomic mass is 10.00. The Labute approximate surface area is 132 Å². The highest BCUT2D eigenvalue weighted by molar-refractivity contribution is 6.31. The van der Waals surface area contributed by atoms with Crippen LogP contribution in [0.5, 0.6) is 0 Å². The van der Waals surface area contributed by atoms with E-state index in [1.807, 2.05) is 0 Å². The quantitative estimate of drug-likeness (QED) is 0.945. The minimum atomic E-state index is -0.450. The summed E-state index contributed by atoms with van der Waals surface area (Å²) in [5.74, 6) is 0.0786. The Bertz CT molecular complexity index is 641. The van der Waals surface area contributed by atoms with Gasteiger partial charge in [-0.15, -0.1) is 0 Å². The van der Waals surface area contributed by atoms with Crippen molar-refractivity contribution < 1.29 is 9.18 Å². The van der Waals surface area contributed by atoms with Gasteiger partial charge in [-0.3, -0.25) is 9.89 Å². The second kappa shape index (κ2) is 6.44. The molecule has 1 saturated heterocycles. The Balaban J connectivity index is 1.81. The summed E-state index contributed by atoms with van der Waals surface area (Å²) in [6.45, 7) is 0.635. The molecule has 2 aromatic rings. The van der Waals surface area contributed by atoms with Crippen LogP contribution < -0.4 is 0 Å². The minimum Gasteiger partial charge on any atom is -0.332 e. The van der Waals surface area contributed by atoms with Crippen molar-refractivity contribution >= 4 is 17.5 Å². The Kier molecular flexibility index (Phi) is 4.38. The number of rotatable bonds is 3. The Hall–Kier alpha value is -1.95. The van der Waals surface area contributed by atoms with E-state index >= 15 is 0 Å². The maximum absolute atomic E-state index is 13.9. The number of likely N-dealkylation sites (tertiary alicyclic amines) is 1. The van der Waals surface area contributed by atoms with Gasteiger partial charge in [0.05, 0.1) is 12.5 Å². The number of amides is 1. The maximum Gasteiger partial charge on any atom is 0.227 e. The molecule has 1 fully saturated rings. The van der Waals surface area contributed by atoms with Crippen LogP contribution in [0, 0.1) is 5.82 Å². The van der Waals surface area contributed by atoms with Gasteiger partial charge in [0.25, 0.3) is 0 Å². The number of benzene rings is 1. The Morgan fingerprint density at radius 2 is 2.32 bits per heavy atom. The average Bonchev–Trinajstić information content (AvgIpc) is 3.05. The highest BCUT2D eigenvalue weighted by Gasteiger charge is 2.30. The summed E-state index contributed by atoms with van der Waals surface area (Å²) in [6.07, 6.45) is 4.17. The number of halogens is 2. The number of hydrogen-bond donors (Lipinski definition) is 1. The highest BCUT2D eigenvalue weighted by Crippen LogP contribution is 2.30. The van der Waals surface area contributed by atoms with Crippen molar-refractivity contribution in [3.8, 4) is 0 Å². The number of aromatic nitrogens is 3. The molecule has 5 nitrogen and oxygen atoms in total. The number of aromatic amines is 1. The number of hydrogen-bond acceptors (Lipinski definition) is 3. The predicted octanol–water partition coefficient (Wildman–Crippen LogP) is 2.89. The molecule has 1 aromatic carbocycles. The van der Waals surface area contributed by atoms with E-state index in [1.54, 1.807) is 11.0 Å². The standard InChI is InChI=1S/C15H16ClFN4O/c16-11-4-3-5-12(17)10(11)8-14(22)21-7-2-1-6-13(21)15-18-9-19-20-15/h3-5,9,13H,1-2,6-8H2,(H,18,19,20). The number of H-pyrrole nitrogens is 1. The number of piperidine rings is 1. The van der Waals surface area contributed by atoms with Crippen LogP contribution in [-0.4, -0.2) is 32.5 Å². The zero-order chi connectivity index (χ0) is 15.5. The first kappa shape index (κ1) is 15.0. The summed E-state index contributed by atoms with van der Waals surface area (Å²) in [4.78, 5) is 18.5. The van der Waals surface area contributed by atoms with Gasteiger partial charge in [-0.2, -0.15) is 5.10 Å². The molecule has 1 atom stereocenters. The van der Waals surface area contributed by atoms with Crippen LogP contribution >= 0.6 is 11.6 Å². The number of carbonyl (C=O) groups is 1. The normalized spacial score (nSPS) is 18.5. The molecule has 1 unspecified atom stereocenters. The van der Waals surface area contributed by atoms with Crippen LogP contribution in [0.4, 0.5) is 4.39 Å². The molecule has 7 heteroatoms. The first-order valence-corrected chi connectivity index (χ1v) is 7.62. The van der Waals surface area contributed by atoms with Gasteiger partial charge in [0, 0.05) is 17.1 Å². The fraction of sp³-hybridized carbons (Fsp3) is 0.400. The smallest absolute Gasteiger partial charge is 0.227 e. The molecule has 0 aliphatic carbocycles. The molecule has 0 saturated carbocycles. The molecule has 0 radical (unpaired) electrons. The third-order valence-corrected chi connectivity index (χ3v) is 4.32. The van der Waals surface area contributed by atoms with Crippen LogP contribution in [0.15, 0.2) is 24.5 Å². The molecule has 116 valence electrons. The SMILES string of the molecule is O=C(Cc1c(F)cccc1Cl)N1CCCCC1c1ncn[nH]1. The maximum atomic E-state index is 13.9. The van der Waals surface area contributed by atoms with E-state index in [4.69, 9.17) is 11.6 Å². The molecular weight excluding hydrogens is 307 g/mol. The fourth-order valence-electron chi connectivity index (χ4n) is 2.84. The molecule has 1 aromatic heterocycles. The van der Waals surface area contributed by atoms with Gasteiger partial charge in [-0.25, -0.2) is 9.37 Å². The molecule has 1 amide bonds. The fourth-order valence-corrected chi connectivity index (χ4v) is 3.07. The third kappa shape index (κ3) is 2.97. The van der Waals surface area contributed by atoms with Crippen molar-refractivity contribution in [3.05, 3.63) is 46.8 Å². The van der Waals surface area contributed by atoms with Crippen LogP contribution in [0.25, 0.3) is 0 Å². The summed E-state index contributed by atoms with van der Waals surface area (Å²) in [7, 11) is 0. The second-order valence-electron chi connectivity index (χ2n) is 5.35. The van der Waals surface area contributed by atoms with E-state index in [0.29, 0.717) is 12.4 Å². The number of nitrogens with zero attached hydrogens (tertiary/aromatic N) is 3. The highest BCUT2D eigenvalue weighted by atomic mass is 35.5. The summed E-state index contributed by atoms with van der Waals surface area (Å²) in [5.41, 5.74) is 0.246. The summed E-state index contributed by atoms with van der Waals surface area (Å²) >= 11 is 6.01. The predicted molar refractivity (Wildman–Crippen MR) is 79.8 cm³/mol. The van der Waals surface area contributed by atoms with E-state index in [-0.39, 0.29) is 29.0 Å². The Morgan fingerprint density at radius 1 is 1.45 bits per heavy atom. The van der Waals surface area contributed by atoms with Gasteiger partial charge in [-0.05, 0) is 31.4 Å². The lowest BCUT2D eigenvalue weighted by Gasteiger charge is -2.34. The molecule has 0 spiro atoms. The van der Waals surface area contributed by atoms with Crippen molar-refractivity contribution in [3.63, 3.8) is 0 Å². The lowest BCUT2D eigenvalue weighted by Crippen LogP contribution is -2.40. The Morgan fingerprint density at radius 3 is 3.05 bits per heavy atom. The third-order valence-electron chi connectivity index (χ3n) is 3.96. The first-order chi connectivity index (χ1) is 10.7. The van der Waals surface area contributed by atoms with E-state index in [9.17, 15) is 9.18 Å². The second-order valence-corrected chi connectivity index (χ2v) is 5.75. The van der Waals surface area contributed by atoms with E-state index < -0.39 is 5.82 Å². The molecule has 1 aliphatic heterocycles. The topological polar surface area (TPSA) is 61.9 Å². The summed E-state index contributed by atoms with van der Waals surface area (Å²) < 4.78 is 13.9. The van der Waals surface area contributed by atoms with E-state index in [0.717, 1.165) is 19.3 Å². The lowest BCUT2D eigenvalue weighted by molar-refractivity contribution is -0.134. The zero-order valence-corrected chi connectivity index (χ0v) is 12.7. The van der Waals surface area contributed by atoms with Gasteiger partial charge < -0.3 is 4.90 Å². The molecule has 3 rings (SSSR count). The molecule has 0 bridgehead atoms. The molecular formula is C15H16ClFN4O. The van der Waals surface area contributed by atoms with Crippen molar-refractivity contribution in [2.45, 2.75) is 31.7 Å². The number of carbonyl (C=O) groups excluding carboxylic acids is 1. The van der Waals surface area contributed by atoms with Crippen molar-refractivity contribution in [2.75, 3.05) is 6.54 Å². The molecule has 2 heterocycles. The van der Waals surface area contributed by atoms with Crippen LogP contribution in [0.2, 0.25) is 5.02 Å². The molecule has 1 aliphatic rings. The van der Waals surface area contributed by atoms with Gasteiger partial charge in [0.1, 0.15) is 18.0 Å². The summed E-state index contributed by atoms with van der Waals surface area (Å²) in [5, 5.41) is 6.95. The van der Waals surface area contributed by atoms with Gasteiger partial charge in [0.15, 0.2) is 0 Å². The van der Waals surface area contributed by atoms with Gasteiger partial charge >= 0.3 is 0 Å². The van der Waals surface area contributed by atoms with Crippen molar-refractivity contribution in [2.24, 2.45) is 0 Å². The van der Waals surface area contributed by atoms with Crippen LogP contribution in [-0.2, 0) is 11.2 Å². The van der Waals surface area contributed by atoms with E-state index in [2.05, 4.69) is 15.2 Å². The van der Waals surface area contributed by atoms with Gasteiger partial charge in [-0.1, -0.05) is 17.7 Å². The van der Waals surface area contributed by atoms with E-state index in [1.165, 1.54) is 18.5 Å². The van der Waals surface area contributed by atoms with Gasteiger partial charge in [0.2, 0.25) is 5.91 Å². The van der Waals surface area contributed by atoms with Crippen LogP contribution in [0.1, 0.15) is 36.7 Å². The zero-order valence-electron chi connectivity index (χ0n) is 11.9.